The Morgan fingerprint density at radius 3 is 2.46 bits per heavy atom. The summed E-state index contributed by atoms with van der Waals surface area (Å²) < 4.78 is 18.5. The van der Waals surface area contributed by atoms with Crippen LogP contribution in [0.1, 0.15) is 5.56 Å². The smallest absolute Gasteiger partial charge is 0.294 e. The summed E-state index contributed by atoms with van der Waals surface area (Å²) in [5.41, 5.74) is 0.787. The number of anilines is 1. The van der Waals surface area contributed by atoms with E-state index in [2.05, 4.69) is 10.3 Å². The molecule has 0 atom stereocenters. The number of hydrogen-bond acceptors (Lipinski definition) is 8. The molecule has 0 bridgehead atoms. The lowest BCUT2D eigenvalue weighted by molar-refractivity contribution is -0.385. The first-order valence-electron chi connectivity index (χ1n) is 9.97. The van der Waals surface area contributed by atoms with E-state index in [1.165, 1.54) is 42.5 Å². The van der Waals surface area contributed by atoms with E-state index in [-0.39, 0.29) is 16.5 Å². The molecule has 12 heteroatoms. The predicted octanol–water partition coefficient (Wildman–Crippen LogP) is 4.60. The summed E-state index contributed by atoms with van der Waals surface area (Å²) >= 11 is 0.710. The summed E-state index contributed by atoms with van der Waals surface area (Å²) in [5.74, 6) is -1.08. The first kappa shape index (κ1) is 23.6. The van der Waals surface area contributed by atoms with E-state index in [1.54, 1.807) is 24.3 Å². The van der Waals surface area contributed by atoms with Crippen molar-refractivity contribution in [2.45, 2.75) is 0 Å². The molecule has 10 nitrogen and oxygen atoms in total. The van der Waals surface area contributed by atoms with Crippen LogP contribution >= 0.6 is 11.8 Å². The van der Waals surface area contributed by atoms with Crippen LogP contribution in [0.5, 0.6) is 11.6 Å². The fourth-order valence-electron chi connectivity index (χ4n) is 2.96. The summed E-state index contributed by atoms with van der Waals surface area (Å²) in [6.07, 6.45) is 2.59. The maximum absolute atomic E-state index is 13.0. The summed E-state index contributed by atoms with van der Waals surface area (Å²) in [4.78, 5) is 52.1. The van der Waals surface area contributed by atoms with Gasteiger partial charge in [-0.2, -0.15) is 0 Å². The van der Waals surface area contributed by atoms with Crippen molar-refractivity contribution in [3.63, 3.8) is 0 Å². The highest BCUT2D eigenvalue weighted by Gasteiger charge is 2.36. The van der Waals surface area contributed by atoms with E-state index < -0.39 is 34.3 Å². The topological polar surface area (TPSA) is 132 Å². The lowest BCUT2D eigenvalue weighted by atomic mass is 10.2. The molecule has 3 aromatic rings. The Kier molecular flexibility index (Phi) is 6.83. The van der Waals surface area contributed by atoms with Crippen LogP contribution < -0.4 is 10.1 Å². The molecule has 4 rings (SSSR count). The van der Waals surface area contributed by atoms with Gasteiger partial charge in [-0.15, -0.1) is 0 Å². The van der Waals surface area contributed by atoms with Crippen LogP contribution in [0.25, 0.3) is 6.08 Å². The molecule has 1 aliphatic heterocycles. The molecular formula is C23H15FN4O6S. The molecule has 3 amide bonds. The van der Waals surface area contributed by atoms with Crippen molar-refractivity contribution < 1.29 is 28.4 Å². The van der Waals surface area contributed by atoms with E-state index in [0.29, 0.717) is 28.8 Å². The molecule has 2 aromatic carbocycles. The molecule has 0 unspecified atom stereocenters. The third-order valence-corrected chi connectivity index (χ3v) is 5.54. The van der Waals surface area contributed by atoms with Crippen LogP contribution in [0.15, 0.2) is 71.8 Å². The number of nitrogens with zero attached hydrogens (tertiary/aromatic N) is 3. The minimum absolute atomic E-state index is 0.148. The van der Waals surface area contributed by atoms with E-state index >= 15 is 0 Å². The molecule has 1 saturated heterocycles. The molecule has 1 fully saturated rings. The number of benzene rings is 2. The Morgan fingerprint density at radius 1 is 1.11 bits per heavy atom. The van der Waals surface area contributed by atoms with E-state index in [1.807, 2.05) is 0 Å². The Hall–Kier alpha value is -4.58. The minimum atomic E-state index is -0.607. The second kappa shape index (κ2) is 10.1. The van der Waals surface area contributed by atoms with Crippen molar-refractivity contribution in [3.8, 4) is 11.6 Å². The Balaban J connectivity index is 1.38. The second-order valence-electron chi connectivity index (χ2n) is 7.11. The molecule has 2 heterocycles. The number of amides is 3. The largest absolute Gasteiger partial charge is 0.439 e. The van der Waals surface area contributed by atoms with Gasteiger partial charge < -0.3 is 10.1 Å². The summed E-state index contributed by atoms with van der Waals surface area (Å²) in [7, 11) is 0. The molecule has 0 spiro atoms. The van der Waals surface area contributed by atoms with E-state index in [9.17, 15) is 28.9 Å². The number of imide groups is 1. The van der Waals surface area contributed by atoms with Crippen molar-refractivity contribution in [2.24, 2.45) is 0 Å². The summed E-state index contributed by atoms with van der Waals surface area (Å²) in [5, 5.41) is 12.6. The Morgan fingerprint density at radius 2 is 1.83 bits per heavy atom. The molecule has 0 saturated carbocycles. The zero-order valence-corrected chi connectivity index (χ0v) is 18.5. The highest BCUT2D eigenvalue weighted by atomic mass is 32.2. The van der Waals surface area contributed by atoms with Gasteiger partial charge in [0.1, 0.15) is 24.3 Å². The number of rotatable bonds is 7. The van der Waals surface area contributed by atoms with Gasteiger partial charge in [0.05, 0.1) is 9.83 Å². The third-order valence-electron chi connectivity index (χ3n) is 4.64. The molecule has 35 heavy (non-hydrogen) atoms. The first-order chi connectivity index (χ1) is 16.8. The van der Waals surface area contributed by atoms with Gasteiger partial charge in [0.15, 0.2) is 0 Å². The quantitative estimate of drug-likeness (QED) is 0.286. The van der Waals surface area contributed by atoms with Crippen LogP contribution in [0, 0.1) is 15.9 Å². The molecule has 1 aromatic heterocycles. The maximum Gasteiger partial charge on any atom is 0.294 e. The van der Waals surface area contributed by atoms with Gasteiger partial charge in [0.2, 0.25) is 11.8 Å². The van der Waals surface area contributed by atoms with Gasteiger partial charge in [0.25, 0.3) is 16.8 Å². The molecule has 176 valence electrons. The van der Waals surface area contributed by atoms with E-state index in [4.69, 9.17) is 4.74 Å². The number of ether oxygens (including phenoxy) is 1. The fraction of sp³-hybridized carbons (Fsp3) is 0.0435. The first-order valence-corrected chi connectivity index (χ1v) is 10.8. The third kappa shape index (κ3) is 5.86. The zero-order chi connectivity index (χ0) is 24.9. The molecule has 0 aliphatic carbocycles. The Bertz CT molecular complexity index is 1330. The monoisotopic (exact) mass is 494 g/mol. The lowest BCUT2D eigenvalue weighted by Crippen LogP contribution is -2.36. The van der Waals surface area contributed by atoms with Gasteiger partial charge >= 0.3 is 0 Å². The van der Waals surface area contributed by atoms with Crippen molar-refractivity contribution in [3.05, 3.63) is 93.3 Å². The highest BCUT2D eigenvalue weighted by Crippen LogP contribution is 2.32. The summed E-state index contributed by atoms with van der Waals surface area (Å²) in [6.45, 7) is -0.478. The second-order valence-corrected chi connectivity index (χ2v) is 8.10. The van der Waals surface area contributed by atoms with Gasteiger partial charge in [-0.25, -0.2) is 9.37 Å². The Labute approximate surface area is 201 Å². The number of carbonyl (C=O) groups excluding carboxylic acids is 3. The van der Waals surface area contributed by atoms with Crippen molar-refractivity contribution in [1.82, 2.24) is 9.88 Å². The van der Waals surface area contributed by atoms with E-state index in [0.717, 1.165) is 11.1 Å². The number of thioether (sulfide) groups is 1. The zero-order valence-electron chi connectivity index (χ0n) is 17.7. The number of pyridine rings is 1. The average Bonchev–Trinajstić information content (AvgIpc) is 3.09. The lowest BCUT2D eigenvalue weighted by Gasteiger charge is -2.12. The average molecular weight is 494 g/mol. The maximum atomic E-state index is 13.0. The molecule has 1 aliphatic rings. The van der Waals surface area contributed by atoms with Crippen molar-refractivity contribution in [1.29, 1.82) is 0 Å². The fourth-order valence-corrected chi connectivity index (χ4v) is 3.80. The van der Waals surface area contributed by atoms with Gasteiger partial charge in [-0.05, 0) is 59.8 Å². The molecule has 1 N–H and O–H groups in total. The van der Waals surface area contributed by atoms with Crippen molar-refractivity contribution >= 4 is 46.3 Å². The van der Waals surface area contributed by atoms with Crippen LogP contribution in [0.3, 0.4) is 0 Å². The number of nitro groups is 1. The standard InChI is InChI=1S/C23H15FN4O6S/c24-15-3-5-16(6-4-15)26-20(29)13-27-22(30)19(35-23(27)31)11-14-1-8-18(9-2-14)34-21-10-7-17(12-25-21)28(32)33/h1-12H,13H2,(H,26,29)/b19-11-. The number of nitrogens with one attached hydrogen (secondary N) is 1. The number of carbonyl (C=O) groups is 3. The molecular weight excluding hydrogens is 479 g/mol. The number of halogens is 1. The normalized spacial score (nSPS) is 14.3. The summed E-state index contributed by atoms with van der Waals surface area (Å²) in [6, 6.07) is 14.2. The minimum Gasteiger partial charge on any atom is -0.439 e. The van der Waals surface area contributed by atoms with Crippen LogP contribution in [-0.4, -0.2) is 38.4 Å². The van der Waals surface area contributed by atoms with Crippen LogP contribution in [0.2, 0.25) is 0 Å². The van der Waals surface area contributed by atoms with Crippen LogP contribution in [-0.2, 0) is 9.59 Å². The highest BCUT2D eigenvalue weighted by molar-refractivity contribution is 8.18. The van der Waals surface area contributed by atoms with Crippen molar-refractivity contribution in [2.75, 3.05) is 11.9 Å². The number of hydrogen-bond donors (Lipinski definition) is 1. The van der Waals surface area contributed by atoms with Crippen LogP contribution in [0.4, 0.5) is 20.6 Å². The molecule has 0 radical (unpaired) electrons. The predicted molar refractivity (Wildman–Crippen MR) is 125 cm³/mol. The van der Waals surface area contributed by atoms with Gasteiger partial charge in [0, 0.05) is 17.8 Å². The van der Waals surface area contributed by atoms with Gasteiger partial charge in [-0.1, -0.05) is 12.1 Å². The SMILES string of the molecule is O=C(CN1C(=O)S/C(=C\c2ccc(Oc3ccc([N+](=O)[O-])cn3)cc2)C1=O)Nc1ccc(F)cc1. The number of aromatic nitrogens is 1. The van der Waals surface area contributed by atoms with Gasteiger partial charge in [-0.3, -0.25) is 29.4 Å².